The van der Waals surface area contributed by atoms with E-state index in [4.69, 9.17) is 20.9 Å². The second kappa shape index (κ2) is 14.7. The van der Waals surface area contributed by atoms with Crippen molar-refractivity contribution in [3.63, 3.8) is 0 Å². The molecule has 1 amide bonds. The van der Waals surface area contributed by atoms with Crippen LogP contribution in [0.25, 0.3) is 0 Å². The van der Waals surface area contributed by atoms with Crippen LogP contribution in [0.15, 0.2) is 54.6 Å². The average Bonchev–Trinajstić information content (AvgIpc) is 2.79. The summed E-state index contributed by atoms with van der Waals surface area (Å²) in [5.41, 5.74) is 11.6. The highest BCUT2D eigenvalue weighted by atomic mass is 16.5. The number of hydrogen-bond donors (Lipinski definition) is 4. The summed E-state index contributed by atoms with van der Waals surface area (Å²) in [6, 6.07) is 17.9. The molecule has 0 aliphatic rings. The molecule has 0 heterocycles. The van der Waals surface area contributed by atoms with E-state index in [-0.39, 0.29) is 18.4 Å². The zero-order valence-corrected chi connectivity index (χ0v) is 18.1. The molecule has 31 heavy (non-hydrogen) atoms. The number of guanidine groups is 1. The third kappa shape index (κ3) is 11.5. The molecule has 6 N–H and O–H groups in total. The van der Waals surface area contributed by atoms with Crippen molar-refractivity contribution in [2.45, 2.75) is 45.1 Å². The molecular weight excluding hydrogens is 392 g/mol. The van der Waals surface area contributed by atoms with Crippen molar-refractivity contribution in [2.24, 2.45) is 11.5 Å². The van der Waals surface area contributed by atoms with Gasteiger partial charge in [-0.25, -0.2) is 0 Å². The fourth-order valence-corrected chi connectivity index (χ4v) is 2.97. The molecule has 0 radical (unpaired) electrons. The lowest BCUT2D eigenvalue weighted by Crippen LogP contribution is -2.80. The Morgan fingerprint density at radius 2 is 1.42 bits per heavy atom. The van der Waals surface area contributed by atoms with Gasteiger partial charge in [0, 0.05) is 6.54 Å². The van der Waals surface area contributed by atoms with Gasteiger partial charge >= 0.3 is 5.96 Å². The van der Waals surface area contributed by atoms with Gasteiger partial charge in [0.05, 0.1) is 6.61 Å². The molecule has 0 atom stereocenters. The molecule has 2 aromatic carbocycles. The molecule has 0 aliphatic heterocycles. The van der Waals surface area contributed by atoms with Gasteiger partial charge in [-0.15, -0.1) is 0 Å². The van der Waals surface area contributed by atoms with Crippen molar-refractivity contribution in [2.75, 3.05) is 19.7 Å². The summed E-state index contributed by atoms with van der Waals surface area (Å²) in [6.07, 6.45) is 6.58. The minimum absolute atomic E-state index is 0.0593. The monoisotopic (exact) mass is 427 g/mol. The molecular formula is C24H35N4O3+. The van der Waals surface area contributed by atoms with Gasteiger partial charge in [-0.3, -0.25) is 21.3 Å². The first-order chi connectivity index (χ1) is 15.1. The standard InChI is InChI=1S/C24H34N4O3/c25-24(26)28-18-23(29)27-16-8-3-1-2-4-9-17-30-21-12-14-22(15-13-21)31-19-20-10-6-5-7-11-20/h5-7,10-15H,1-4,8-9,16-19H2,(H,27,29)(H4,25,26,28)/p+1. The molecule has 0 saturated heterocycles. The highest BCUT2D eigenvalue weighted by Crippen LogP contribution is 2.19. The van der Waals surface area contributed by atoms with E-state index in [0.29, 0.717) is 19.8 Å². The topological polar surface area (TPSA) is 114 Å². The van der Waals surface area contributed by atoms with Gasteiger partial charge in [0.25, 0.3) is 5.91 Å². The molecule has 0 aromatic heterocycles. The fourth-order valence-electron chi connectivity index (χ4n) is 2.97. The normalized spacial score (nSPS) is 10.3. The van der Waals surface area contributed by atoms with Crippen LogP contribution in [0.3, 0.4) is 0 Å². The Hall–Kier alpha value is -3.22. The zero-order chi connectivity index (χ0) is 22.2. The van der Waals surface area contributed by atoms with E-state index in [2.05, 4.69) is 10.3 Å². The largest absolute Gasteiger partial charge is 0.494 e. The number of nitrogens with one attached hydrogen (secondary N) is 2. The van der Waals surface area contributed by atoms with E-state index >= 15 is 0 Å². The molecule has 0 unspecified atom stereocenters. The van der Waals surface area contributed by atoms with Crippen molar-refractivity contribution in [1.82, 2.24) is 5.32 Å². The molecule has 2 aromatic rings. The molecule has 7 nitrogen and oxygen atoms in total. The van der Waals surface area contributed by atoms with Crippen LogP contribution < -0.4 is 31.3 Å². The van der Waals surface area contributed by atoms with Gasteiger partial charge in [0.1, 0.15) is 24.7 Å². The average molecular weight is 428 g/mol. The van der Waals surface area contributed by atoms with Crippen LogP contribution >= 0.6 is 0 Å². The Labute approximate surface area is 184 Å². The van der Waals surface area contributed by atoms with Gasteiger partial charge in [-0.1, -0.05) is 56.0 Å². The lowest BCUT2D eigenvalue weighted by Gasteiger charge is -2.09. The molecule has 0 saturated carbocycles. The Kier molecular flexibility index (Phi) is 11.4. The Balaban J connectivity index is 1.44. The summed E-state index contributed by atoms with van der Waals surface area (Å²) in [7, 11) is 0. The third-order valence-electron chi connectivity index (χ3n) is 4.69. The van der Waals surface area contributed by atoms with Crippen LogP contribution in [-0.2, 0) is 11.4 Å². The van der Waals surface area contributed by atoms with Crippen molar-refractivity contribution < 1.29 is 19.3 Å². The Bertz CT molecular complexity index is 775. The van der Waals surface area contributed by atoms with Crippen LogP contribution in [0.5, 0.6) is 11.5 Å². The SMILES string of the molecule is NC(N)=[NH+]CC(=O)NCCCCCCCCOc1ccc(OCc2ccccc2)cc1. The molecule has 2 rings (SSSR count). The molecule has 7 heteroatoms. The number of carbonyl (C=O) groups is 1. The number of unbranched alkanes of at least 4 members (excludes halogenated alkanes) is 5. The van der Waals surface area contributed by atoms with Gasteiger partial charge < -0.3 is 14.8 Å². The molecule has 0 fully saturated rings. The van der Waals surface area contributed by atoms with Gasteiger partial charge in [-0.2, -0.15) is 0 Å². The van der Waals surface area contributed by atoms with Gasteiger partial charge in [0.2, 0.25) is 0 Å². The lowest BCUT2D eigenvalue weighted by atomic mass is 10.1. The van der Waals surface area contributed by atoms with E-state index in [0.717, 1.165) is 49.2 Å². The van der Waals surface area contributed by atoms with Crippen LogP contribution in [0.2, 0.25) is 0 Å². The summed E-state index contributed by atoms with van der Waals surface area (Å²) in [5, 5.41) is 2.83. The number of ether oxygens (including phenoxy) is 2. The minimum atomic E-state index is -0.0960. The van der Waals surface area contributed by atoms with Crippen LogP contribution in [-0.4, -0.2) is 31.6 Å². The van der Waals surface area contributed by atoms with E-state index in [1.54, 1.807) is 0 Å². The highest BCUT2D eigenvalue weighted by molar-refractivity contribution is 5.78. The number of rotatable bonds is 15. The highest BCUT2D eigenvalue weighted by Gasteiger charge is 2.01. The number of benzene rings is 2. The third-order valence-corrected chi connectivity index (χ3v) is 4.69. The second-order valence-electron chi connectivity index (χ2n) is 7.37. The second-order valence-corrected chi connectivity index (χ2v) is 7.37. The summed E-state index contributed by atoms with van der Waals surface area (Å²) in [6.45, 7) is 2.08. The summed E-state index contributed by atoms with van der Waals surface area (Å²) in [4.78, 5) is 14.1. The van der Waals surface area contributed by atoms with Crippen LogP contribution in [0, 0.1) is 0 Å². The number of carbonyl (C=O) groups excluding carboxylic acids is 1. The van der Waals surface area contributed by atoms with Gasteiger partial charge in [0.15, 0.2) is 0 Å². The number of nitrogens with two attached hydrogens (primary N) is 2. The van der Waals surface area contributed by atoms with E-state index in [1.807, 2.05) is 54.6 Å². The maximum atomic E-state index is 11.5. The predicted molar refractivity (Wildman–Crippen MR) is 123 cm³/mol. The van der Waals surface area contributed by atoms with E-state index < -0.39 is 0 Å². The minimum Gasteiger partial charge on any atom is -0.494 e. The maximum Gasteiger partial charge on any atom is 0.339 e. The first kappa shape index (κ1) is 24.1. The summed E-state index contributed by atoms with van der Waals surface area (Å²) < 4.78 is 11.6. The van der Waals surface area contributed by atoms with Crippen LogP contribution in [0.4, 0.5) is 0 Å². The smallest absolute Gasteiger partial charge is 0.339 e. The fraction of sp³-hybridized carbons (Fsp3) is 0.417. The molecule has 168 valence electrons. The van der Waals surface area contributed by atoms with Crippen molar-refractivity contribution in [3.05, 3.63) is 60.2 Å². The zero-order valence-electron chi connectivity index (χ0n) is 18.1. The van der Waals surface area contributed by atoms with Gasteiger partial charge in [-0.05, 0) is 42.7 Å². The number of hydrogen-bond acceptors (Lipinski definition) is 3. The summed E-state index contributed by atoms with van der Waals surface area (Å²) >= 11 is 0. The quantitative estimate of drug-likeness (QED) is 0.195. The Morgan fingerprint density at radius 3 is 2.10 bits per heavy atom. The predicted octanol–water partition coefficient (Wildman–Crippen LogP) is 1.46. The first-order valence-electron chi connectivity index (χ1n) is 10.9. The van der Waals surface area contributed by atoms with Crippen LogP contribution in [0.1, 0.15) is 44.1 Å². The maximum absolute atomic E-state index is 11.5. The van der Waals surface area contributed by atoms with Crippen molar-refractivity contribution in [3.8, 4) is 11.5 Å². The Morgan fingerprint density at radius 1 is 0.806 bits per heavy atom. The first-order valence-corrected chi connectivity index (χ1v) is 10.9. The molecule has 0 bridgehead atoms. The molecule has 0 spiro atoms. The number of amides is 1. The summed E-state index contributed by atoms with van der Waals surface area (Å²) in [5.74, 6) is 1.67. The molecule has 0 aliphatic carbocycles. The van der Waals surface area contributed by atoms with Crippen molar-refractivity contribution in [1.29, 1.82) is 0 Å². The lowest BCUT2D eigenvalue weighted by molar-refractivity contribution is -0.446. The van der Waals surface area contributed by atoms with E-state index in [1.165, 1.54) is 6.42 Å². The van der Waals surface area contributed by atoms with Crippen molar-refractivity contribution >= 4 is 11.9 Å². The van der Waals surface area contributed by atoms with E-state index in [9.17, 15) is 4.79 Å².